The molecule has 1 rings (SSSR count). The molecule has 100 heavy (non-hydrogen) atoms. The van der Waals surface area contributed by atoms with E-state index in [1.807, 2.05) is 26.0 Å². The SMILES string of the molecule is CCCCCCCCC(CCCCCCCCC(=O)NCCNC(=O)CCCCCCCCC(CCCCCCCC)C(CCCCCCCC)CCCCCCCCC(=O)OC(C)C)C(CCCCCCCC)CCCCCCCCC(=O)OOCCc1ccc(C(=O)C(C)(C)O)cc1. The van der Waals surface area contributed by atoms with Crippen molar-refractivity contribution in [2.45, 2.75) is 459 Å². The average molecular weight is 1410 g/mol. The third-order valence-corrected chi connectivity index (χ3v) is 21.5. The Bertz CT molecular complexity index is 2020. The second-order valence-electron chi connectivity index (χ2n) is 31.8. The number of ether oxygens (including phenoxy) is 1. The van der Waals surface area contributed by atoms with Crippen LogP contribution >= 0.6 is 0 Å². The Balaban J connectivity index is 2.46. The van der Waals surface area contributed by atoms with E-state index in [0.717, 1.165) is 87.0 Å². The molecule has 0 aliphatic heterocycles. The second kappa shape index (κ2) is 68.8. The third-order valence-electron chi connectivity index (χ3n) is 21.5. The van der Waals surface area contributed by atoms with E-state index >= 15 is 0 Å². The van der Waals surface area contributed by atoms with Crippen LogP contribution in [-0.4, -0.2) is 66.0 Å². The van der Waals surface area contributed by atoms with E-state index in [-0.39, 0.29) is 42.2 Å². The van der Waals surface area contributed by atoms with Crippen molar-refractivity contribution in [3.63, 3.8) is 0 Å². The van der Waals surface area contributed by atoms with Gasteiger partial charge in [0.1, 0.15) is 5.60 Å². The molecule has 0 radical (unpaired) electrons. The highest BCUT2D eigenvalue weighted by atomic mass is 17.2. The fraction of sp³-hybridized carbons (Fsp3) is 0.876. The monoisotopic (exact) mass is 1410 g/mol. The molecule has 1 aromatic carbocycles. The molecular formula is C89H164N2O9. The van der Waals surface area contributed by atoms with Gasteiger partial charge < -0.3 is 20.5 Å². The summed E-state index contributed by atoms with van der Waals surface area (Å²) in [6, 6.07) is 7.09. The maximum atomic E-state index is 12.8. The highest BCUT2D eigenvalue weighted by Crippen LogP contribution is 2.36. The number of unbranched alkanes of at least 4 members (excludes halogenated alkanes) is 40. The number of esters is 1. The number of rotatable bonds is 76. The van der Waals surface area contributed by atoms with Crippen LogP contribution in [0.5, 0.6) is 0 Å². The Labute approximate surface area is 618 Å². The zero-order chi connectivity index (χ0) is 73.0. The normalized spacial score (nSPS) is 13.0. The first kappa shape index (κ1) is 94.7. The lowest BCUT2D eigenvalue weighted by Crippen LogP contribution is -2.34. The predicted molar refractivity (Wildman–Crippen MR) is 424 cm³/mol. The molecule has 0 spiro atoms. The molecule has 0 heterocycles. The van der Waals surface area contributed by atoms with Crippen molar-refractivity contribution >= 4 is 29.5 Å². The van der Waals surface area contributed by atoms with Crippen molar-refractivity contribution in [3.8, 4) is 0 Å². The van der Waals surface area contributed by atoms with Gasteiger partial charge in [0, 0.05) is 44.3 Å². The molecule has 4 unspecified atom stereocenters. The highest BCUT2D eigenvalue weighted by Gasteiger charge is 2.26. The quantitative estimate of drug-likeness (QED) is 0.0190. The van der Waals surface area contributed by atoms with E-state index in [0.29, 0.717) is 50.8 Å². The summed E-state index contributed by atoms with van der Waals surface area (Å²) in [7, 11) is 0. The smallest absolute Gasteiger partial charge is 0.342 e. The summed E-state index contributed by atoms with van der Waals surface area (Å²) >= 11 is 0. The van der Waals surface area contributed by atoms with Crippen LogP contribution in [0.2, 0.25) is 0 Å². The lowest BCUT2D eigenvalue weighted by atomic mass is 9.78. The van der Waals surface area contributed by atoms with Crippen molar-refractivity contribution in [2.75, 3.05) is 19.7 Å². The molecule has 0 aliphatic rings. The average Bonchev–Trinajstić information content (AvgIpc) is 0.857. The van der Waals surface area contributed by atoms with Gasteiger partial charge >= 0.3 is 11.9 Å². The Hall–Kier alpha value is -3.31. The zero-order valence-corrected chi connectivity index (χ0v) is 67.2. The molecule has 0 fully saturated rings. The Morgan fingerprint density at radius 3 is 0.900 bits per heavy atom. The molecule has 11 heteroatoms. The van der Waals surface area contributed by atoms with Gasteiger partial charge in [-0.05, 0) is 89.0 Å². The minimum Gasteiger partial charge on any atom is -0.463 e. The first-order chi connectivity index (χ1) is 48.6. The minimum absolute atomic E-state index is 0.0200. The van der Waals surface area contributed by atoms with Crippen molar-refractivity contribution in [2.24, 2.45) is 23.7 Å². The standard InChI is InChI=1S/C89H164N2O9/c1-9-13-17-21-33-45-57-79(81(59-47-35-23-19-15-11-3)63-51-39-27-31-43-55-67-86(94)99-77(5)6)61-49-37-25-29-41-53-65-84(92)90-74-75-91-85(93)66-54-42-30-26-38-50-62-80(58-46-34-22-18-14-10-2)82(60-48-36-24-20-16-12-4)64-52-40-28-32-44-56-68-87(95)100-98-76-73-78-69-71-83(72-70-78)88(96)89(7,8)97/h69-72,77,79-82,97H,9-68,73-76H2,1-8H3,(H,90,92)(H,91,93). The van der Waals surface area contributed by atoms with Crippen LogP contribution in [0.3, 0.4) is 0 Å². The van der Waals surface area contributed by atoms with Gasteiger partial charge in [-0.15, -0.1) is 0 Å². The number of aliphatic hydroxyl groups is 1. The molecule has 0 bridgehead atoms. The Kier molecular flexibility index (Phi) is 65.1. The maximum Gasteiger partial charge on any atom is 0.342 e. The molecule has 4 atom stereocenters. The molecule has 1 aromatic rings. The van der Waals surface area contributed by atoms with Gasteiger partial charge in [0.15, 0.2) is 5.78 Å². The molecular weight excluding hydrogens is 1240 g/mol. The molecule has 11 nitrogen and oxygen atoms in total. The summed E-state index contributed by atoms with van der Waals surface area (Å²) in [6.07, 6.45) is 74.8. The zero-order valence-electron chi connectivity index (χ0n) is 67.2. The largest absolute Gasteiger partial charge is 0.463 e. The van der Waals surface area contributed by atoms with Gasteiger partial charge in [0.25, 0.3) is 0 Å². The van der Waals surface area contributed by atoms with Crippen molar-refractivity contribution in [1.82, 2.24) is 10.6 Å². The number of nitrogens with one attached hydrogen (secondary N) is 2. The van der Waals surface area contributed by atoms with E-state index < -0.39 is 5.60 Å². The summed E-state index contributed by atoms with van der Waals surface area (Å²) < 4.78 is 5.33. The number of carbonyl (C=O) groups is 5. The van der Waals surface area contributed by atoms with Gasteiger partial charge in [-0.2, -0.15) is 4.89 Å². The molecule has 3 N–H and O–H groups in total. The Morgan fingerprint density at radius 1 is 0.360 bits per heavy atom. The van der Waals surface area contributed by atoms with E-state index in [1.165, 1.54) is 316 Å². The maximum absolute atomic E-state index is 12.8. The van der Waals surface area contributed by atoms with E-state index in [4.69, 9.17) is 14.5 Å². The number of hydrogen-bond donors (Lipinski definition) is 3. The van der Waals surface area contributed by atoms with Crippen LogP contribution < -0.4 is 10.6 Å². The number of benzene rings is 1. The summed E-state index contributed by atoms with van der Waals surface area (Å²) in [6.45, 7) is 17.3. The summed E-state index contributed by atoms with van der Waals surface area (Å²) in [5.41, 5.74) is 0.0123. The number of ketones is 1. The summed E-state index contributed by atoms with van der Waals surface area (Å²) in [5, 5.41) is 16.1. The number of Topliss-reactive ketones (excluding diaryl/α,β-unsaturated/α-hetero) is 1. The van der Waals surface area contributed by atoms with E-state index in [1.54, 1.807) is 12.1 Å². The predicted octanol–water partition coefficient (Wildman–Crippen LogP) is 25.8. The number of hydrogen-bond acceptors (Lipinski definition) is 9. The first-order valence-corrected chi connectivity index (χ1v) is 43.6. The molecule has 584 valence electrons. The lowest BCUT2D eigenvalue weighted by molar-refractivity contribution is -0.271. The van der Waals surface area contributed by atoms with Crippen LogP contribution in [0.1, 0.15) is 457 Å². The van der Waals surface area contributed by atoms with E-state index in [9.17, 15) is 29.1 Å². The van der Waals surface area contributed by atoms with Crippen molar-refractivity contribution in [1.29, 1.82) is 0 Å². The Morgan fingerprint density at radius 2 is 0.620 bits per heavy atom. The summed E-state index contributed by atoms with van der Waals surface area (Å²) in [5.74, 6) is 2.90. The number of amides is 2. The van der Waals surface area contributed by atoms with Gasteiger partial charge in [-0.1, -0.05) is 386 Å². The van der Waals surface area contributed by atoms with E-state index in [2.05, 4.69) is 38.3 Å². The van der Waals surface area contributed by atoms with Crippen molar-refractivity contribution in [3.05, 3.63) is 35.4 Å². The first-order valence-electron chi connectivity index (χ1n) is 43.6. The van der Waals surface area contributed by atoms with Gasteiger partial charge in [-0.25, -0.2) is 4.79 Å². The van der Waals surface area contributed by atoms with Crippen molar-refractivity contribution < 1.29 is 43.6 Å². The van der Waals surface area contributed by atoms with Gasteiger partial charge in [0.05, 0.1) is 12.7 Å². The molecule has 0 aromatic heterocycles. The third kappa shape index (κ3) is 59.0. The molecule has 0 saturated heterocycles. The molecule has 0 aliphatic carbocycles. The van der Waals surface area contributed by atoms with Crippen LogP contribution in [0, 0.1) is 23.7 Å². The fourth-order valence-electron chi connectivity index (χ4n) is 15.2. The highest BCUT2D eigenvalue weighted by molar-refractivity contribution is 6.01. The van der Waals surface area contributed by atoms with Crippen LogP contribution in [0.4, 0.5) is 0 Å². The number of carbonyl (C=O) groups excluding carboxylic acids is 5. The fourth-order valence-corrected chi connectivity index (χ4v) is 15.2. The van der Waals surface area contributed by atoms with Gasteiger partial charge in [0.2, 0.25) is 11.8 Å². The molecule has 2 amide bonds. The van der Waals surface area contributed by atoms with Crippen LogP contribution in [0.25, 0.3) is 0 Å². The topological polar surface area (TPSA) is 157 Å². The van der Waals surface area contributed by atoms with Crippen LogP contribution in [0.15, 0.2) is 24.3 Å². The van der Waals surface area contributed by atoms with Gasteiger partial charge in [-0.3, -0.25) is 24.1 Å². The second-order valence-corrected chi connectivity index (χ2v) is 31.8. The van der Waals surface area contributed by atoms with Crippen LogP contribution in [-0.2, 0) is 40.1 Å². The minimum atomic E-state index is -1.41. The molecule has 0 saturated carbocycles. The lowest BCUT2D eigenvalue weighted by Gasteiger charge is -2.28. The summed E-state index contributed by atoms with van der Waals surface area (Å²) in [4.78, 5) is 72.5.